The van der Waals surface area contributed by atoms with Crippen molar-refractivity contribution in [3.8, 4) is 0 Å². The molecule has 6 heteroatoms. The fraction of sp³-hybridized carbons (Fsp3) is 0.400. The molecule has 0 bridgehead atoms. The Bertz CT molecular complexity index is 455. The second-order valence-electron chi connectivity index (χ2n) is 3.55. The van der Waals surface area contributed by atoms with Crippen LogP contribution < -0.4 is 5.32 Å². The average Bonchev–Trinajstić information content (AvgIpc) is 2.76. The molecule has 0 aliphatic heterocycles. The number of rotatable bonds is 3. The van der Waals surface area contributed by atoms with Crippen LogP contribution in [-0.2, 0) is 17.6 Å². The lowest BCUT2D eigenvalue weighted by Gasteiger charge is -2.02. The molecule has 0 radical (unpaired) electrons. The van der Waals surface area contributed by atoms with Crippen LogP contribution in [-0.4, -0.2) is 22.9 Å². The number of halogens is 1. The molecule has 0 aromatic carbocycles. The minimum absolute atomic E-state index is 0.165. The molecule has 1 aromatic rings. The lowest BCUT2D eigenvalue weighted by Crippen LogP contribution is -2.14. The zero-order valence-corrected chi connectivity index (χ0v) is 9.95. The van der Waals surface area contributed by atoms with Crippen LogP contribution in [0, 0.1) is 0 Å². The normalized spacial score (nSPS) is 13.6. The monoisotopic (exact) mass is 259 g/mol. The standard InChI is InChI=1S/C10H10ClNO3S/c11-4-7(13)12-9-8(10(14)15)5-2-1-3-6(5)16-9/h1-4H2,(H,12,13)(H,14,15). The topological polar surface area (TPSA) is 66.4 Å². The number of aryl methyl sites for hydroxylation is 1. The second-order valence-corrected chi connectivity index (χ2v) is 4.92. The third kappa shape index (κ3) is 1.92. The fourth-order valence-corrected chi connectivity index (χ4v) is 3.24. The molecule has 0 atom stereocenters. The Morgan fingerprint density at radius 1 is 1.44 bits per heavy atom. The largest absolute Gasteiger partial charge is 0.478 e. The number of carboxylic acid groups (broad SMARTS) is 1. The predicted molar refractivity (Wildman–Crippen MR) is 62.7 cm³/mol. The van der Waals surface area contributed by atoms with Gasteiger partial charge in [0.1, 0.15) is 10.9 Å². The van der Waals surface area contributed by atoms with Crippen molar-refractivity contribution >= 4 is 39.8 Å². The number of hydrogen-bond acceptors (Lipinski definition) is 3. The molecule has 1 aliphatic rings. The van der Waals surface area contributed by atoms with Gasteiger partial charge in [0.15, 0.2) is 0 Å². The maximum Gasteiger partial charge on any atom is 0.339 e. The van der Waals surface area contributed by atoms with Gasteiger partial charge in [-0.3, -0.25) is 4.79 Å². The van der Waals surface area contributed by atoms with E-state index in [4.69, 9.17) is 16.7 Å². The van der Waals surface area contributed by atoms with Crippen LogP contribution in [0.25, 0.3) is 0 Å². The second kappa shape index (κ2) is 4.43. The summed E-state index contributed by atoms with van der Waals surface area (Å²) in [7, 11) is 0. The van der Waals surface area contributed by atoms with Gasteiger partial charge in [-0.15, -0.1) is 22.9 Å². The summed E-state index contributed by atoms with van der Waals surface area (Å²) in [5, 5.41) is 12.1. The molecule has 1 amide bonds. The molecule has 2 N–H and O–H groups in total. The predicted octanol–water partition coefficient (Wildman–Crippen LogP) is 2.11. The number of aromatic carboxylic acids is 1. The van der Waals surface area contributed by atoms with Crippen LogP contribution in [0.2, 0.25) is 0 Å². The van der Waals surface area contributed by atoms with Gasteiger partial charge in [-0.05, 0) is 24.8 Å². The van der Waals surface area contributed by atoms with Gasteiger partial charge >= 0.3 is 5.97 Å². The highest BCUT2D eigenvalue weighted by molar-refractivity contribution is 7.17. The van der Waals surface area contributed by atoms with Crippen molar-refractivity contribution in [1.82, 2.24) is 0 Å². The minimum Gasteiger partial charge on any atom is -0.478 e. The van der Waals surface area contributed by atoms with Crippen molar-refractivity contribution < 1.29 is 14.7 Å². The smallest absolute Gasteiger partial charge is 0.339 e. The van der Waals surface area contributed by atoms with Crippen LogP contribution in [0.5, 0.6) is 0 Å². The van der Waals surface area contributed by atoms with Crippen LogP contribution in [0.3, 0.4) is 0 Å². The first-order chi connectivity index (χ1) is 7.63. The Morgan fingerprint density at radius 2 is 2.19 bits per heavy atom. The summed E-state index contributed by atoms with van der Waals surface area (Å²) in [5.74, 6) is -1.52. The maximum atomic E-state index is 11.2. The van der Waals surface area contributed by atoms with E-state index in [0.29, 0.717) is 5.00 Å². The number of thiophene rings is 1. The Hall–Kier alpha value is -1.07. The summed E-state index contributed by atoms with van der Waals surface area (Å²) >= 11 is 6.72. The molecular formula is C10H10ClNO3S. The first kappa shape index (κ1) is 11.4. The Balaban J connectivity index is 2.38. The number of anilines is 1. The Labute approximate surface area is 101 Å². The molecule has 1 aromatic heterocycles. The third-order valence-corrected chi connectivity index (χ3v) is 3.96. The van der Waals surface area contributed by atoms with Crippen molar-refractivity contribution in [2.75, 3.05) is 11.2 Å². The number of carbonyl (C=O) groups is 2. The number of carbonyl (C=O) groups excluding carboxylic acids is 1. The van der Waals surface area contributed by atoms with Gasteiger partial charge in [-0.1, -0.05) is 0 Å². The lowest BCUT2D eigenvalue weighted by atomic mass is 10.1. The van der Waals surface area contributed by atoms with Gasteiger partial charge in [0.05, 0.1) is 5.56 Å². The number of fused-ring (bicyclic) bond motifs is 1. The number of hydrogen-bond donors (Lipinski definition) is 2. The molecule has 0 spiro atoms. The van der Waals surface area contributed by atoms with Gasteiger partial charge in [-0.25, -0.2) is 4.79 Å². The summed E-state index contributed by atoms with van der Waals surface area (Å²) in [4.78, 5) is 23.4. The quantitative estimate of drug-likeness (QED) is 0.817. The number of alkyl halides is 1. The van der Waals surface area contributed by atoms with E-state index < -0.39 is 5.97 Å². The van der Waals surface area contributed by atoms with Crippen molar-refractivity contribution in [2.24, 2.45) is 0 Å². The van der Waals surface area contributed by atoms with Crippen LogP contribution in [0.4, 0.5) is 5.00 Å². The number of carboxylic acids is 1. The van der Waals surface area contributed by atoms with E-state index >= 15 is 0 Å². The third-order valence-electron chi connectivity index (χ3n) is 2.51. The first-order valence-corrected chi connectivity index (χ1v) is 6.22. The number of amides is 1. The van der Waals surface area contributed by atoms with Gasteiger partial charge < -0.3 is 10.4 Å². The highest BCUT2D eigenvalue weighted by atomic mass is 35.5. The molecular weight excluding hydrogens is 250 g/mol. The SMILES string of the molecule is O=C(CCl)Nc1sc2c(c1C(=O)O)CCC2. The molecule has 1 heterocycles. The van der Waals surface area contributed by atoms with Crippen LogP contribution in [0.15, 0.2) is 0 Å². The molecule has 0 saturated carbocycles. The Morgan fingerprint density at radius 3 is 2.81 bits per heavy atom. The van der Waals surface area contributed by atoms with Gasteiger partial charge in [0.25, 0.3) is 0 Å². The molecule has 16 heavy (non-hydrogen) atoms. The molecule has 4 nitrogen and oxygen atoms in total. The summed E-state index contributed by atoms with van der Waals surface area (Å²) in [6.07, 6.45) is 2.67. The zero-order valence-electron chi connectivity index (χ0n) is 8.38. The fourth-order valence-electron chi connectivity index (χ4n) is 1.88. The van der Waals surface area contributed by atoms with Crippen molar-refractivity contribution in [1.29, 1.82) is 0 Å². The van der Waals surface area contributed by atoms with Gasteiger partial charge in [0, 0.05) is 4.88 Å². The van der Waals surface area contributed by atoms with E-state index in [1.807, 2.05) is 0 Å². The lowest BCUT2D eigenvalue weighted by molar-refractivity contribution is -0.113. The molecule has 2 rings (SSSR count). The molecule has 0 unspecified atom stereocenters. The van der Waals surface area contributed by atoms with E-state index in [2.05, 4.69) is 5.32 Å². The number of nitrogens with one attached hydrogen (secondary N) is 1. The Kier molecular flexibility index (Phi) is 3.16. The average molecular weight is 260 g/mol. The van der Waals surface area contributed by atoms with Crippen molar-refractivity contribution in [3.63, 3.8) is 0 Å². The van der Waals surface area contributed by atoms with E-state index in [0.717, 1.165) is 29.7 Å². The zero-order chi connectivity index (χ0) is 11.7. The van der Waals surface area contributed by atoms with Gasteiger partial charge in [0.2, 0.25) is 5.91 Å². The summed E-state index contributed by atoms with van der Waals surface area (Å²) in [6.45, 7) is 0. The van der Waals surface area contributed by atoms with Crippen LogP contribution in [0.1, 0.15) is 27.2 Å². The van der Waals surface area contributed by atoms with E-state index in [9.17, 15) is 9.59 Å². The van der Waals surface area contributed by atoms with E-state index in [1.165, 1.54) is 11.3 Å². The summed E-state index contributed by atoms with van der Waals surface area (Å²) < 4.78 is 0. The minimum atomic E-state index is -0.982. The van der Waals surface area contributed by atoms with Crippen LogP contribution >= 0.6 is 22.9 Å². The molecule has 0 fully saturated rings. The highest BCUT2D eigenvalue weighted by Crippen LogP contribution is 2.38. The maximum absolute atomic E-state index is 11.2. The summed E-state index contributed by atoms with van der Waals surface area (Å²) in [6, 6.07) is 0. The van der Waals surface area contributed by atoms with Crippen molar-refractivity contribution in [3.05, 3.63) is 16.0 Å². The van der Waals surface area contributed by atoms with Gasteiger partial charge in [-0.2, -0.15) is 0 Å². The summed E-state index contributed by atoms with van der Waals surface area (Å²) in [5.41, 5.74) is 1.12. The highest BCUT2D eigenvalue weighted by Gasteiger charge is 2.26. The van der Waals surface area contributed by atoms with E-state index in [-0.39, 0.29) is 17.4 Å². The van der Waals surface area contributed by atoms with E-state index in [1.54, 1.807) is 0 Å². The molecule has 86 valence electrons. The van der Waals surface area contributed by atoms with Crippen molar-refractivity contribution in [2.45, 2.75) is 19.3 Å². The molecule has 1 aliphatic carbocycles. The first-order valence-electron chi connectivity index (χ1n) is 4.87. The molecule has 0 saturated heterocycles.